The van der Waals surface area contributed by atoms with Gasteiger partial charge in [0.25, 0.3) is 5.56 Å². The zero-order valence-corrected chi connectivity index (χ0v) is 16.8. The van der Waals surface area contributed by atoms with Crippen LogP contribution >= 0.6 is 0 Å². The van der Waals surface area contributed by atoms with Gasteiger partial charge in [-0.25, -0.2) is 9.48 Å². The van der Waals surface area contributed by atoms with Crippen molar-refractivity contribution in [1.82, 2.24) is 15.0 Å². The summed E-state index contributed by atoms with van der Waals surface area (Å²) in [5, 5.41) is 13.7. The van der Waals surface area contributed by atoms with Gasteiger partial charge in [0.05, 0.1) is 18.5 Å². The molecule has 1 heterocycles. The number of aryl methyl sites for hydroxylation is 1. The molecule has 9 nitrogen and oxygen atoms in total. The van der Waals surface area contributed by atoms with Crippen molar-refractivity contribution >= 4 is 34.3 Å². The summed E-state index contributed by atoms with van der Waals surface area (Å²) in [5.74, 6) is -0.0578. The maximum atomic E-state index is 12.4. The number of nitrogens with one attached hydrogen (secondary N) is 2. The fraction of sp³-hybridized carbons (Fsp3) is 0.286. The van der Waals surface area contributed by atoms with Crippen molar-refractivity contribution in [2.24, 2.45) is 5.92 Å². The number of amides is 2. The van der Waals surface area contributed by atoms with E-state index in [2.05, 4.69) is 20.9 Å². The molecule has 3 rings (SSSR count). The number of anilines is 2. The number of hydrogen-bond acceptors (Lipinski definition) is 6. The zero-order chi connectivity index (χ0) is 21.5. The third-order valence-corrected chi connectivity index (χ3v) is 4.12. The number of nitrogens with zero attached hydrogens (tertiary/aromatic N) is 3. The molecule has 156 valence electrons. The van der Waals surface area contributed by atoms with E-state index < -0.39 is 6.09 Å². The number of ether oxygens (including phenoxy) is 1. The molecule has 0 fully saturated rings. The van der Waals surface area contributed by atoms with E-state index in [1.54, 1.807) is 48.5 Å². The Kier molecular flexibility index (Phi) is 6.74. The summed E-state index contributed by atoms with van der Waals surface area (Å²) in [7, 11) is 0. The Labute approximate surface area is 173 Å². The molecule has 30 heavy (non-hydrogen) atoms. The highest BCUT2D eigenvalue weighted by molar-refractivity contribution is 5.92. The van der Waals surface area contributed by atoms with Gasteiger partial charge >= 0.3 is 6.09 Å². The third kappa shape index (κ3) is 5.63. The van der Waals surface area contributed by atoms with Crippen molar-refractivity contribution in [3.8, 4) is 0 Å². The van der Waals surface area contributed by atoms with E-state index in [0.717, 1.165) is 0 Å². The van der Waals surface area contributed by atoms with Gasteiger partial charge in [0, 0.05) is 17.8 Å². The molecule has 2 N–H and O–H groups in total. The zero-order valence-electron chi connectivity index (χ0n) is 16.8. The number of benzene rings is 2. The number of hydrogen-bond donors (Lipinski definition) is 2. The summed E-state index contributed by atoms with van der Waals surface area (Å²) < 4.78 is 6.25. The molecule has 2 amide bonds. The lowest BCUT2D eigenvalue weighted by Gasteiger charge is -2.10. The standard InChI is InChI=1S/C21H23N5O4/c1-14(2)13-30-21(29)23-16-7-5-6-15(12-16)22-19(27)10-11-26-20(28)17-8-3-4-9-18(17)24-25-26/h3-9,12,14H,10-11,13H2,1-2H3,(H,22,27)(H,23,29). The summed E-state index contributed by atoms with van der Waals surface area (Å²) in [6, 6.07) is 13.6. The van der Waals surface area contributed by atoms with E-state index in [9.17, 15) is 14.4 Å². The number of carbonyl (C=O) groups excluding carboxylic acids is 2. The van der Waals surface area contributed by atoms with Gasteiger partial charge in [0.2, 0.25) is 5.91 Å². The fourth-order valence-corrected chi connectivity index (χ4v) is 2.67. The molecule has 0 aliphatic heterocycles. The van der Waals surface area contributed by atoms with E-state index in [1.807, 2.05) is 13.8 Å². The number of fused-ring (bicyclic) bond motifs is 1. The first kappa shape index (κ1) is 21.0. The SMILES string of the molecule is CC(C)COC(=O)Nc1cccc(NC(=O)CCn2nnc3ccccc3c2=O)c1. The van der Waals surface area contributed by atoms with Crippen molar-refractivity contribution < 1.29 is 14.3 Å². The number of carbonyl (C=O) groups is 2. The van der Waals surface area contributed by atoms with Crippen LogP contribution in [0.2, 0.25) is 0 Å². The Morgan fingerprint density at radius 1 is 1.07 bits per heavy atom. The first-order valence-electron chi connectivity index (χ1n) is 9.58. The van der Waals surface area contributed by atoms with Gasteiger partial charge in [-0.15, -0.1) is 5.10 Å². The molecule has 0 spiro atoms. The Bertz CT molecular complexity index is 1110. The van der Waals surface area contributed by atoms with Gasteiger partial charge in [-0.2, -0.15) is 0 Å². The van der Waals surface area contributed by atoms with Gasteiger partial charge in [-0.3, -0.25) is 14.9 Å². The Morgan fingerprint density at radius 2 is 1.80 bits per heavy atom. The molecule has 2 aromatic carbocycles. The Hall–Kier alpha value is -3.75. The van der Waals surface area contributed by atoms with Crippen LogP contribution in [0.15, 0.2) is 53.3 Å². The van der Waals surface area contributed by atoms with Gasteiger partial charge in [0.15, 0.2) is 0 Å². The molecule has 1 aromatic heterocycles. The van der Waals surface area contributed by atoms with Crippen LogP contribution in [0.5, 0.6) is 0 Å². The van der Waals surface area contributed by atoms with Crippen molar-refractivity contribution in [3.63, 3.8) is 0 Å². The highest BCUT2D eigenvalue weighted by atomic mass is 16.5. The van der Waals surface area contributed by atoms with E-state index in [-0.39, 0.29) is 30.3 Å². The van der Waals surface area contributed by atoms with E-state index in [0.29, 0.717) is 28.9 Å². The van der Waals surface area contributed by atoms with Gasteiger partial charge < -0.3 is 10.1 Å². The molecular formula is C21H23N5O4. The molecule has 0 bridgehead atoms. The first-order valence-corrected chi connectivity index (χ1v) is 9.58. The summed E-state index contributed by atoms with van der Waals surface area (Å²) in [5.41, 5.74) is 1.23. The topological polar surface area (TPSA) is 115 Å². The maximum absolute atomic E-state index is 12.4. The summed E-state index contributed by atoms with van der Waals surface area (Å²) in [4.78, 5) is 36.5. The molecule has 0 radical (unpaired) electrons. The second kappa shape index (κ2) is 9.64. The third-order valence-electron chi connectivity index (χ3n) is 4.12. The van der Waals surface area contributed by atoms with E-state index in [4.69, 9.17) is 4.74 Å². The number of rotatable bonds is 7. The summed E-state index contributed by atoms with van der Waals surface area (Å²) >= 11 is 0. The molecule has 0 atom stereocenters. The quantitative estimate of drug-likeness (QED) is 0.620. The van der Waals surface area contributed by atoms with Crippen LogP contribution in [0.3, 0.4) is 0 Å². The van der Waals surface area contributed by atoms with Gasteiger partial charge in [-0.05, 0) is 36.2 Å². The van der Waals surface area contributed by atoms with Crippen molar-refractivity contribution in [3.05, 3.63) is 58.9 Å². The van der Waals surface area contributed by atoms with Crippen LogP contribution in [-0.4, -0.2) is 33.6 Å². The molecule has 0 aliphatic rings. The fourth-order valence-electron chi connectivity index (χ4n) is 2.67. The minimum Gasteiger partial charge on any atom is -0.449 e. The second-order valence-corrected chi connectivity index (χ2v) is 7.13. The highest BCUT2D eigenvalue weighted by Gasteiger charge is 2.09. The predicted octanol–water partition coefficient (Wildman–Crippen LogP) is 3.02. The largest absolute Gasteiger partial charge is 0.449 e. The minimum absolute atomic E-state index is 0.0427. The van der Waals surface area contributed by atoms with Crippen LogP contribution < -0.4 is 16.2 Å². The predicted molar refractivity (Wildman–Crippen MR) is 113 cm³/mol. The molecule has 0 aliphatic carbocycles. The van der Waals surface area contributed by atoms with Crippen LogP contribution in [0.25, 0.3) is 10.9 Å². The average molecular weight is 409 g/mol. The van der Waals surface area contributed by atoms with Crippen LogP contribution in [-0.2, 0) is 16.1 Å². The normalized spacial score (nSPS) is 10.8. The summed E-state index contributed by atoms with van der Waals surface area (Å²) in [6.07, 6.45) is -0.512. The van der Waals surface area contributed by atoms with Gasteiger partial charge in [-0.1, -0.05) is 37.3 Å². The van der Waals surface area contributed by atoms with Crippen molar-refractivity contribution in [2.75, 3.05) is 17.2 Å². The molecular weight excluding hydrogens is 386 g/mol. The lowest BCUT2D eigenvalue weighted by atomic mass is 10.2. The Morgan fingerprint density at radius 3 is 2.57 bits per heavy atom. The van der Waals surface area contributed by atoms with Gasteiger partial charge in [0.1, 0.15) is 5.52 Å². The van der Waals surface area contributed by atoms with Crippen LogP contribution in [0.4, 0.5) is 16.2 Å². The molecule has 3 aromatic rings. The highest BCUT2D eigenvalue weighted by Crippen LogP contribution is 2.16. The molecule has 0 saturated heterocycles. The second-order valence-electron chi connectivity index (χ2n) is 7.13. The minimum atomic E-state index is -0.554. The monoisotopic (exact) mass is 409 g/mol. The Balaban J connectivity index is 1.57. The van der Waals surface area contributed by atoms with Crippen LogP contribution in [0, 0.1) is 5.92 Å². The van der Waals surface area contributed by atoms with E-state index in [1.165, 1.54) is 4.68 Å². The molecule has 0 saturated carbocycles. The smallest absolute Gasteiger partial charge is 0.411 e. The summed E-state index contributed by atoms with van der Waals surface area (Å²) in [6.45, 7) is 4.31. The maximum Gasteiger partial charge on any atom is 0.411 e. The number of aromatic nitrogens is 3. The van der Waals surface area contributed by atoms with E-state index >= 15 is 0 Å². The first-order chi connectivity index (χ1) is 14.4. The van der Waals surface area contributed by atoms with Crippen LogP contribution in [0.1, 0.15) is 20.3 Å². The molecule has 9 heteroatoms. The lowest BCUT2D eigenvalue weighted by Crippen LogP contribution is -2.26. The average Bonchev–Trinajstić information content (AvgIpc) is 2.72. The van der Waals surface area contributed by atoms with Crippen molar-refractivity contribution in [2.45, 2.75) is 26.8 Å². The van der Waals surface area contributed by atoms with Crippen molar-refractivity contribution in [1.29, 1.82) is 0 Å². The lowest BCUT2D eigenvalue weighted by molar-refractivity contribution is -0.116. The molecule has 0 unspecified atom stereocenters.